The molecule has 0 aromatic heterocycles. The molecule has 0 aliphatic rings. The predicted molar refractivity (Wildman–Crippen MR) is 382 cm³/mol. The van der Waals surface area contributed by atoms with Gasteiger partial charge < -0.3 is 0 Å². The van der Waals surface area contributed by atoms with E-state index in [2.05, 4.69) is 0 Å². The molecule has 0 heterocycles. The van der Waals surface area contributed by atoms with E-state index in [1.54, 1.807) is 0 Å². The molecule has 24 heteroatoms. The van der Waals surface area contributed by atoms with Gasteiger partial charge in [0.2, 0.25) is 0 Å². The third-order valence-corrected chi connectivity index (χ3v) is 28.6. The standard InChI is InChI=1S/C60Cl24/c61-37-19-7-1-2-4-6-5-3(1)9-15-16-10(5)23(41(65)46(70)28(16)34-33(27(15)45(69)38(62)20(9)19)51(75)57(81)58(82)52(34)76)24-12(6)18-17-11(4)22(40(64)47(71)29(17)35-36(30(18)48(72)42(24)66)54(78)60(84)59(83)53(35)77)21-8(2)14-13(7)25(43(37)67)31-32(26(14)44(68)39(21)63)50(74)56(80)55(79)49(31)73. The van der Waals surface area contributed by atoms with Crippen molar-refractivity contribution in [2.45, 2.75) is 0 Å². The van der Waals surface area contributed by atoms with Gasteiger partial charge in [-0.3, -0.25) is 0 Å². The van der Waals surface area contributed by atoms with Crippen molar-refractivity contribution in [3.05, 3.63) is 121 Å². The Hall–Kier alpha value is -0.840. The highest BCUT2D eigenvalue weighted by molar-refractivity contribution is 6.77. The lowest BCUT2D eigenvalue weighted by atomic mass is 9.70. The minimum Gasteiger partial charge on any atom is -0.0820 e. The first-order valence-electron chi connectivity index (χ1n) is 24.0. The Morgan fingerprint density at radius 1 is 0.0595 bits per heavy atom. The fourth-order valence-corrected chi connectivity index (χ4v) is 22.0. The van der Waals surface area contributed by atoms with E-state index in [1.165, 1.54) is 0 Å². The van der Waals surface area contributed by atoms with Crippen molar-refractivity contribution in [3.8, 4) is 0 Å². The summed E-state index contributed by atoms with van der Waals surface area (Å²) in [6.45, 7) is 0. The van der Waals surface area contributed by atoms with Gasteiger partial charge in [0, 0.05) is 194 Å². The van der Waals surface area contributed by atoms with Crippen LogP contribution in [0.5, 0.6) is 0 Å². The van der Waals surface area contributed by atoms with Crippen LogP contribution in [0.1, 0.15) is 0 Å². The molecule has 0 bridgehead atoms. The lowest BCUT2D eigenvalue weighted by Gasteiger charge is -2.34. The van der Waals surface area contributed by atoms with Crippen molar-refractivity contribution < 1.29 is 0 Å². The minimum atomic E-state index is -0.0606. The van der Waals surface area contributed by atoms with E-state index < -0.39 is 0 Å². The van der Waals surface area contributed by atoms with E-state index in [-0.39, 0.29) is 153 Å². The van der Waals surface area contributed by atoms with E-state index in [1.807, 2.05) is 0 Å². The van der Waals surface area contributed by atoms with Crippen LogP contribution in [-0.2, 0) is 0 Å². The Labute approximate surface area is 585 Å². The zero-order valence-corrected chi connectivity index (χ0v) is 57.2. The maximum Gasteiger partial charge on any atom is 0.0800 e. The summed E-state index contributed by atoms with van der Waals surface area (Å²) in [6.07, 6.45) is 0. The topological polar surface area (TPSA) is 0 Å². The predicted octanol–water partition coefficient (Wildman–Crippen LogP) is 33.1. The molecule has 84 heavy (non-hydrogen) atoms. The van der Waals surface area contributed by atoms with Crippen LogP contribution in [0.15, 0.2) is 0 Å². The minimum absolute atomic E-state index is 0.00174. The Morgan fingerprint density at radius 2 is 0.107 bits per heavy atom. The molecule has 0 amide bonds. The van der Waals surface area contributed by atoms with Gasteiger partial charge in [-0.15, -0.1) is 0 Å². The maximum atomic E-state index is 8.00. The molecule has 19 aromatic carbocycles. The van der Waals surface area contributed by atoms with Gasteiger partial charge in [0.1, 0.15) is 0 Å². The molecule has 0 aliphatic carbocycles. The number of halogens is 24. The van der Waals surface area contributed by atoms with Crippen LogP contribution in [0.4, 0.5) is 0 Å². The first-order chi connectivity index (χ1) is 39.9. The molecule has 0 saturated carbocycles. The Morgan fingerprint density at radius 3 is 0.190 bits per heavy atom. The van der Waals surface area contributed by atoms with E-state index in [9.17, 15) is 0 Å². The lowest BCUT2D eigenvalue weighted by molar-refractivity contribution is 1.79. The summed E-state index contributed by atoms with van der Waals surface area (Å²) in [5.41, 5.74) is 0. The van der Waals surface area contributed by atoms with Gasteiger partial charge in [0.25, 0.3) is 0 Å². The number of benzene rings is 19. The third-order valence-electron chi connectivity index (χ3n) is 18.1. The van der Waals surface area contributed by atoms with Gasteiger partial charge in [-0.1, -0.05) is 278 Å². The molecular weight excluding hydrogens is 1570 g/mol. The van der Waals surface area contributed by atoms with Crippen LogP contribution in [0, 0.1) is 0 Å². The van der Waals surface area contributed by atoms with Crippen LogP contribution in [0.3, 0.4) is 0 Å². The molecule has 0 fully saturated rings. The van der Waals surface area contributed by atoms with E-state index in [0.29, 0.717) is 162 Å². The molecule has 0 nitrogen and oxygen atoms in total. The van der Waals surface area contributed by atoms with E-state index >= 15 is 0 Å². The summed E-state index contributed by atoms with van der Waals surface area (Å²) in [4.78, 5) is 0. The monoisotopic (exact) mass is 1560 g/mol. The highest BCUT2D eigenvalue weighted by atomic mass is 35.5. The van der Waals surface area contributed by atoms with Gasteiger partial charge in [-0.05, 0) is 0 Å². The third kappa shape index (κ3) is 5.39. The molecule has 408 valence electrons. The van der Waals surface area contributed by atoms with Crippen molar-refractivity contribution >= 4 is 472 Å². The van der Waals surface area contributed by atoms with Crippen LogP contribution in [-0.4, -0.2) is 0 Å². The Kier molecular flexibility index (Phi) is 11.0. The van der Waals surface area contributed by atoms with Gasteiger partial charge >= 0.3 is 0 Å². The summed E-state index contributed by atoms with van der Waals surface area (Å²) < 4.78 is 0. The number of hydrogen-bond donors (Lipinski definition) is 0. The largest absolute Gasteiger partial charge is 0.0820 e. The smallest absolute Gasteiger partial charge is 0.0800 e. The second-order valence-electron chi connectivity index (χ2n) is 21.0. The molecule has 0 spiro atoms. The fourth-order valence-electron chi connectivity index (χ4n) is 15.5. The quantitative estimate of drug-likeness (QED) is 0.0614. The Balaban J connectivity index is 1.35. The van der Waals surface area contributed by atoms with Crippen LogP contribution >= 0.6 is 278 Å². The molecular formula is C60Cl24. The van der Waals surface area contributed by atoms with Crippen molar-refractivity contribution in [1.29, 1.82) is 0 Å². The molecule has 0 unspecified atom stereocenters. The molecule has 0 radical (unpaired) electrons. The van der Waals surface area contributed by atoms with Gasteiger partial charge in [-0.2, -0.15) is 0 Å². The van der Waals surface area contributed by atoms with Crippen LogP contribution in [0.25, 0.3) is 194 Å². The molecule has 0 aliphatic heterocycles. The van der Waals surface area contributed by atoms with Gasteiger partial charge in [-0.25, -0.2) is 0 Å². The van der Waals surface area contributed by atoms with E-state index in [4.69, 9.17) is 278 Å². The highest BCUT2D eigenvalue weighted by Gasteiger charge is 2.43. The van der Waals surface area contributed by atoms with Crippen molar-refractivity contribution in [2.75, 3.05) is 0 Å². The molecule has 0 N–H and O–H groups in total. The van der Waals surface area contributed by atoms with Crippen LogP contribution < -0.4 is 0 Å². The number of rotatable bonds is 0. The first kappa shape index (κ1) is 54.9. The van der Waals surface area contributed by atoms with Crippen molar-refractivity contribution in [3.63, 3.8) is 0 Å². The van der Waals surface area contributed by atoms with Crippen LogP contribution in [0.2, 0.25) is 121 Å². The average Bonchev–Trinajstić information content (AvgIpc) is 0.637. The number of hydrogen-bond acceptors (Lipinski definition) is 0. The zero-order chi connectivity index (χ0) is 58.6. The molecule has 0 saturated heterocycles. The zero-order valence-electron chi connectivity index (χ0n) is 39.1. The second kappa shape index (κ2) is 16.9. The average molecular weight is 1570 g/mol. The summed E-state index contributed by atoms with van der Waals surface area (Å²) in [7, 11) is 0. The first-order valence-corrected chi connectivity index (χ1v) is 33.1. The Bertz CT molecular complexity index is 5550. The molecule has 19 rings (SSSR count). The number of fused-ring (bicyclic) bond motifs is 12. The summed E-state index contributed by atoms with van der Waals surface area (Å²) in [5, 5.41) is 16.4. The van der Waals surface area contributed by atoms with Gasteiger partial charge in [0.05, 0.1) is 121 Å². The summed E-state index contributed by atoms with van der Waals surface area (Å²) in [5.74, 6) is 0. The lowest BCUT2D eigenvalue weighted by Crippen LogP contribution is -2.05. The molecule has 19 aromatic rings. The summed E-state index contributed by atoms with van der Waals surface area (Å²) in [6, 6.07) is 0. The summed E-state index contributed by atoms with van der Waals surface area (Å²) >= 11 is 182. The van der Waals surface area contributed by atoms with Crippen molar-refractivity contribution in [2.24, 2.45) is 0 Å². The SMILES string of the molecule is Clc1c(Cl)c(Cl)c2c(c1Cl)c1c(Cl)c(Cl)c3c4c(Cl)c(Cl)c5c6c(Cl)c(Cl)c(Cl)c(Cl)c6c6c(Cl)c(Cl)c7c8c(Cl)c(Cl)c9c%10c(Cl)c(Cl)c(Cl)c(Cl)c%10c%10c(Cl)c(Cl)c%11c%12c(Cl)c(Cl)c2c2c1c3c1c(c%122)c2c%11c%10c9c8c2c2c7c6c5c4c12. The normalized spacial score (nSPS) is 13.7. The van der Waals surface area contributed by atoms with Crippen molar-refractivity contribution in [1.82, 2.24) is 0 Å². The molecule has 0 atom stereocenters. The van der Waals surface area contributed by atoms with E-state index in [0.717, 1.165) is 0 Å². The maximum absolute atomic E-state index is 8.00. The van der Waals surface area contributed by atoms with Gasteiger partial charge in [0.15, 0.2) is 0 Å². The fraction of sp³-hybridized carbons (Fsp3) is 0. The second-order valence-corrected chi connectivity index (χ2v) is 30.1. The highest BCUT2D eigenvalue weighted by Crippen LogP contribution is 2.72.